The summed E-state index contributed by atoms with van der Waals surface area (Å²) in [6, 6.07) is 0.00722. The number of rotatable bonds is 6. The predicted octanol–water partition coefficient (Wildman–Crippen LogP) is 2.38. The Hall–Kier alpha value is -1.09. The summed E-state index contributed by atoms with van der Waals surface area (Å²) >= 11 is 1.39. The molecule has 1 aromatic heterocycles. The lowest BCUT2D eigenvalue weighted by atomic mass is 9.93. The summed E-state index contributed by atoms with van der Waals surface area (Å²) in [6.07, 6.45) is 5.96. The van der Waals surface area contributed by atoms with Crippen molar-refractivity contribution in [3.63, 3.8) is 0 Å². The van der Waals surface area contributed by atoms with Crippen LogP contribution in [-0.4, -0.2) is 63.3 Å². The highest BCUT2D eigenvalue weighted by atomic mass is 32.2. The van der Waals surface area contributed by atoms with Gasteiger partial charge in [0, 0.05) is 25.0 Å². The Labute approximate surface area is 166 Å². The number of carbonyl (C=O) groups is 1. The molecule has 1 saturated heterocycles. The summed E-state index contributed by atoms with van der Waals surface area (Å²) in [6.45, 7) is 4.13. The second kappa shape index (κ2) is 8.51. The summed E-state index contributed by atoms with van der Waals surface area (Å²) in [5.41, 5.74) is 0. The molecule has 1 amide bonds. The first-order valence-electron chi connectivity index (χ1n) is 9.82. The Morgan fingerprint density at radius 1 is 1.19 bits per heavy atom. The number of aromatic nitrogens is 3. The van der Waals surface area contributed by atoms with Gasteiger partial charge in [-0.1, -0.05) is 44.9 Å². The van der Waals surface area contributed by atoms with Crippen molar-refractivity contribution in [2.24, 2.45) is 7.05 Å². The molecule has 1 unspecified atom stereocenters. The van der Waals surface area contributed by atoms with Gasteiger partial charge < -0.3 is 9.47 Å². The van der Waals surface area contributed by atoms with Crippen LogP contribution in [0.3, 0.4) is 0 Å². The van der Waals surface area contributed by atoms with E-state index >= 15 is 0 Å². The molecule has 1 aliphatic carbocycles. The maximum atomic E-state index is 13.1. The van der Waals surface area contributed by atoms with Crippen molar-refractivity contribution >= 4 is 27.5 Å². The zero-order valence-corrected chi connectivity index (χ0v) is 18.1. The van der Waals surface area contributed by atoms with E-state index < -0.39 is 9.84 Å². The molecule has 2 heterocycles. The minimum absolute atomic E-state index is 0.0306. The summed E-state index contributed by atoms with van der Waals surface area (Å²) in [7, 11) is -1.10. The van der Waals surface area contributed by atoms with Gasteiger partial charge in [-0.2, -0.15) is 0 Å². The maximum Gasteiger partial charge on any atom is 0.233 e. The van der Waals surface area contributed by atoms with Crippen molar-refractivity contribution in [1.29, 1.82) is 0 Å². The topological polar surface area (TPSA) is 85.2 Å². The first kappa shape index (κ1) is 20.6. The third kappa shape index (κ3) is 4.85. The first-order chi connectivity index (χ1) is 12.8. The lowest BCUT2D eigenvalue weighted by molar-refractivity contribution is -0.133. The monoisotopic (exact) mass is 414 g/mol. The fourth-order valence-electron chi connectivity index (χ4n) is 4.21. The molecule has 0 radical (unpaired) electrons. The quantitative estimate of drug-likeness (QED) is 0.665. The van der Waals surface area contributed by atoms with Gasteiger partial charge >= 0.3 is 0 Å². The van der Waals surface area contributed by atoms with Gasteiger partial charge in [0.1, 0.15) is 5.82 Å². The van der Waals surface area contributed by atoms with E-state index in [-0.39, 0.29) is 41.2 Å². The molecule has 1 atom stereocenters. The van der Waals surface area contributed by atoms with E-state index in [1.807, 2.05) is 16.5 Å². The predicted molar refractivity (Wildman–Crippen MR) is 107 cm³/mol. The normalized spacial score (nSPS) is 23.0. The number of sulfone groups is 1. The molecular formula is C18H30N4O3S2. The van der Waals surface area contributed by atoms with E-state index in [0.29, 0.717) is 6.42 Å². The molecule has 2 fully saturated rings. The standard InChI is InChI=1S/C18H30N4O3S2/c1-13(2)17-19-20-18(21(17)3)26-11-16(23)22(14-7-5-4-6-8-14)15-9-10-27(24,25)12-15/h13-15H,4-12H2,1-3H3. The molecular weight excluding hydrogens is 384 g/mol. The molecule has 2 aliphatic rings. The third-order valence-electron chi connectivity index (χ3n) is 5.57. The maximum absolute atomic E-state index is 13.1. The molecule has 1 saturated carbocycles. The van der Waals surface area contributed by atoms with E-state index in [1.165, 1.54) is 18.2 Å². The van der Waals surface area contributed by atoms with Gasteiger partial charge in [0.05, 0.1) is 17.3 Å². The molecule has 27 heavy (non-hydrogen) atoms. The molecule has 0 N–H and O–H groups in total. The smallest absolute Gasteiger partial charge is 0.233 e. The zero-order valence-electron chi connectivity index (χ0n) is 16.4. The van der Waals surface area contributed by atoms with Crippen LogP contribution in [0, 0.1) is 0 Å². The summed E-state index contributed by atoms with van der Waals surface area (Å²) in [5, 5.41) is 9.15. The molecule has 9 heteroatoms. The van der Waals surface area contributed by atoms with E-state index in [9.17, 15) is 13.2 Å². The van der Waals surface area contributed by atoms with E-state index in [2.05, 4.69) is 24.0 Å². The van der Waals surface area contributed by atoms with Gasteiger partial charge in [-0.05, 0) is 19.3 Å². The Bertz CT molecular complexity index is 770. The molecule has 0 aromatic carbocycles. The van der Waals surface area contributed by atoms with Crippen LogP contribution >= 0.6 is 11.8 Å². The minimum Gasteiger partial charge on any atom is -0.335 e. The zero-order chi connectivity index (χ0) is 19.6. The Morgan fingerprint density at radius 2 is 1.89 bits per heavy atom. The van der Waals surface area contributed by atoms with Gasteiger partial charge in [0.15, 0.2) is 15.0 Å². The fraction of sp³-hybridized carbons (Fsp3) is 0.833. The summed E-state index contributed by atoms with van der Waals surface area (Å²) in [5.74, 6) is 1.79. The number of thioether (sulfide) groups is 1. The highest BCUT2D eigenvalue weighted by molar-refractivity contribution is 7.99. The molecule has 3 rings (SSSR count). The van der Waals surface area contributed by atoms with E-state index in [4.69, 9.17) is 0 Å². The van der Waals surface area contributed by atoms with Crippen LogP contribution in [0.15, 0.2) is 5.16 Å². The molecule has 152 valence electrons. The summed E-state index contributed by atoms with van der Waals surface area (Å²) < 4.78 is 25.9. The number of hydrogen-bond acceptors (Lipinski definition) is 6. The van der Waals surface area contributed by atoms with Gasteiger partial charge in [0.25, 0.3) is 0 Å². The van der Waals surface area contributed by atoms with Crippen LogP contribution in [0.5, 0.6) is 0 Å². The fourth-order valence-corrected chi connectivity index (χ4v) is 6.71. The number of nitrogens with zero attached hydrogens (tertiary/aromatic N) is 4. The summed E-state index contributed by atoms with van der Waals surface area (Å²) in [4.78, 5) is 15.0. The number of carbonyl (C=O) groups excluding carboxylic acids is 1. The van der Waals surface area contributed by atoms with Gasteiger partial charge in [-0.3, -0.25) is 4.79 Å². The lowest BCUT2D eigenvalue weighted by Crippen LogP contribution is -2.49. The van der Waals surface area contributed by atoms with Crippen molar-refractivity contribution in [2.75, 3.05) is 17.3 Å². The molecule has 7 nitrogen and oxygen atoms in total. The minimum atomic E-state index is -3.02. The number of hydrogen-bond donors (Lipinski definition) is 0. The van der Waals surface area contributed by atoms with Crippen LogP contribution in [0.4, 0.5) is 0 Å². The Balaban J connectivity index is 1.71. The van der Waals surface area contributed by atoms with Crippen LogP contribution in [-0.2, 0) is 21.7 Å². The van der Waals surface area contributed by atoms with E-state index in [1.54, 1.807) is 0 Å². The highest BCUT2D eigenvalue weighted by Crippen LogP contribution is 2.30. The third-order valence-corrected chi connectivity index (χ3v) is 8.32. The number of amides is 1. The van der Waals surface area contributed by atoms with Crippen molar-refractivity contribution < 1.29 is 13.2 Å². The van der Waals surface area contributed by atoms with Gasteiger partial charge in [-0.25, -0.2) is 8.42 Å². The van der Waals surface area contributed by atoms with Crippen LogP contribution < -0.4 is 0 Å². The Morgan fingerprint density at radius 3 is 2.44 bits per heavy atom. The highest BCUT2D eigenvalue weighted by Gasteiger charge is 2.38. The molecule has 1 aromatic rings. The molecule has 0 spiro atoms. The van der Waals surface area contributed by atoms with E-state index in [0.717, 1.165) is 36.7 Å². The average Bonchev–Trinajstić information content (AvgIpc) is 3.16. The Kier molecular flexibility index (Phi) is 6.50. The van der Waals surface area contributed by atoms with Crippen molar-refractivity contribution in [1.82, 2.24) is 19.7 Å². The van der Waals surface area contributed by atoms with Crippen molar-refractivity contribution in [2.45, 2.75) is 75.5 Å². The van der Waals surface area contributed by atoms with Crippen LogP contribution in [0.1, 0.15) is 64.1 Å². The molecule has 0 bridgehead atoms. The van der Waals surface area contributed by atoms with Crippen LogP contribution in [0.25, 0.3) is 0 Å². The van der Waals surface area contributed by atoms with Crippen molar-refractivity contribution in [3.8, 4) is 0 Å². The molecule has 1 aliphatic heterocycles. The van der Waals surface area contributed by atoms with Gasteiger partial charge in [-0.15, -0.1) is 10.2 Å². The second-order valence-corrected chi connectivity index (χ2v) is 11.2. The second-order valence-electron chi connectivity index (χ2n) is 7.99. The van der Waals surface area contributed by atoms with Crippen LogP contribution in [0.2, 0.25) is 0 Å². The van der Waals surface area contributed by atoms with Gasteiger partial charge in [0.2, 0.25) is 5.91 Å². The SMILES string of the molecule is CC(C)c1nnc(SCC(=O)N(C2CCCCC2)C2CCS(=O)(=O)C2)n1C. The average molecular weight is 415 g/mol. The largest absolute Gasteiger partial charge is 0.335 e. The van der Waals surface area contributed by atoms with Crippen molar-refractivity contribution in [3.05, 3.63) is 5.82 Å². The lowest BCUT2D eigenvalue weighted by Gasteiger charge is -2.38. The first-order valence-corrected chi connectivity index (χ1v) is 12.6.